The number of aromatic amines is 1. The molecule has 2 atom stereocenters. The first-order valence-corrected chi connectivity index (χ1v) is 16.8. The summed E-state index contributed by atoms with van der Waals surface area (Å²) >= 11 is 0. The van der Waals surface area contributed by atoms with Gasteiger partial charge in [-0.2, -0.15) is 8.78 Å². The van der Waals surface area contributed by atoms with Crippen molar-refractivity contribution in [2.45, 2.75) is 57.4 Å². The molecule has 1 aromatic heterocycles. The zero-order valence-corrected chi connectivity index (χ0v) is 27.0. The lowest BCUT2D eigenvalue weighted by Gasteiger charge is -2.35. The van der Waals surface area contributed by atoms with Crippen LogP contribution in [0.1, 0.15) is 66.8 Å². The van der Waals surface area contributed by atoms with Gasteiger partial charge in [-0.1, -0.05) is 87.5 Å². The van der Waals surface area contributed by atoms with Crippen LogP contribution in [-0.2, 0) is 19.8 Å². The summed E-state index contributed by atoms with van der Waals surface area (Å²) in [6, 6.07) is 21.0. The first-order valence-electron chi connectivity index (χ1n) is 15.2. The summed E-state index contributed by atoms with van der Waals surface area (Å²) in [5, 5.41) is 6.03. The molecule has 0 spiro atoms. The molecule has 0 aliphatic carbocycles. The van der Waals surface area contributed by atoms with Gasteiger partial charge in [-0.3, -0.25) is 18.9 Å². The van der Waals surface area contributed by atoms with Crippen molar-refractivity contribution in [3.05, 3.63) is 107 Å². The van der Waals surface area contributed by atoms with Crippen molar-refractivity contribution >= 4 is 36.2 Å². The van der Waals surface area contributed by atoms with Crippen molar-refractivity contribution in [1.29, 1.82) is 0 Å². The highest BCUT2D eigenvalue weighted by Gasteiger charge is 2.50. The number of likely N-dealkylation sites (tertiary alicyclic amines) is 1. The Labute approximate surface area is 270 Å². The lowest BCUT2D eigenvalue weighted by atomic mass is 9.85. The number of fused-ring (bicyclic) bond motifs is 1. The van der Waals surface area contributed by atoms with E-state index in [0.717, 1.165) is 23.3 Å². The molecular formula is C34H37F2N4O6P. The van der Waals surface area contributed by atoms with Gasteiger partial charge in [0.25, 0.3) is 5.91 Å². The number of hydrogen-bond donors (Lipinski definition) is 5. The Bertz CT molecular complexity index is 1780. The minimum absolute atomic E-state index is 0.0389. The van der Waals surface area contributed by atoms with E-state index in [1.165, 1.54) is 17.0 Å². The maximum atomic E-state index is 14.3. The molecule has 47 heavy (non-hydrogen) atoms. The number of hydrogen-bond acceptors (Lipinski definition) is 4. The first kappa shape index (κ1) is 34.0. The predicted molar refractivity (Wildman–Crippen MR) is 173 cm³/mol. The summed E-state index contributed by atoms with van der Waals surface area (Å²) in [6.45, 7) is 5.67. The third-order valence-corrected chi connectivity index (χ3v) is 9.35. The lowest BCUT2D eigenvalue weighted by Crippen LogP contribution is -2.57. The molecule has 1 fully saturated rings. The molecular weight excluding hydrogens is 629 g/mol. The molecule has 3 aromatic carbocycles. The molecule has 1 aliphatic heterocycles. The third kappa shape index (κ3) is 7.15. The minimum atomic E-state index is -5.79. The Balaban J connectivity index is 1.36. The third-order valence-electron chi connectivity index (χ3n) is 8.36. The Morgan fingerprint density at radius 2 is 1.51 bits per heavy atom. The van der Waals surface area contributed by atoms with Crippen LogP contribution in [0.25, 0.3) is 10.9 Å². The second kappa shape index (κ2) is 13.0. The number of rotatable bonds is 9. The monoisotopic (exact) mass is 666 g/mol. The van der Waals surface area contributed by atoms with Gasteiger partial charge in [0, 0.05) is 23.0 Å². The van der Waals surface area contributed by atoms with Gasteiger partial charge < -0.3 is 30.3 Å². The average molecular weight is 667 g/mol. The van der Waals surface area contributed by atoms with Crippen molar-refractivity contribution < 1.29 is 37.5 Å². The fourth-order valence-electron chi connectivity index (χ4n) is 5.83. The molecule has 248 valence electrons. The van der Waals surface area contributed by atoms with Gasteiger partial charge in [0.15, 0.2) is 0 Å². The van der Waals surface area contributed by atoms with Gasteiger partial charge in [-0.15, -0.1) is 0 Å². The normalized spacial score (nSPS) is 16.3. The number of carbonyl (C=O) groups is 3. The molecule has 0 radical (unpaired) electrons. The molecule has 3 amide bonds. The van der Waals surface area contributed by atoms with E-state index in [0.29, 0.717) is 19.4 Å². The van der Waals surface area contributed by atoms with Crippen LogP contribution < -0.4 is 10.6 Å². The molecule has 2 heterocycles. The summed E-state index contributed by atoms with van der Waals surface area (Å²) in [5.41, 5.74) is -4.07. The number of nitrogens with one attached hydrogen (secondary N) is 3. The van der Waals surface area contributed by atoms with Crippen LogP contribution in [0.2, 0.25) is 0 Å². The molecule has 10 nitrogen and oxygen atoms in total. The highest BCUT2D eigenvalue weighted by Crippen LogP contribution is 2.59. The molecule has 5 rings (SSSR count). The van der Waals surface area contributed by atoms with E-state index >= 15 is 0 Å². The largest absolute Gasteiger partial charge is 0.399 e. The van der Waals surface area contributed by atoms with Crippen molar-refractivity contribution in [2.24, 2.45) is 5.41 Å². The van der Waals surface area contributed by atoms with E-state index in [2.05, 4.69) is 15.6 Å². The number of nitrogens with zero attached hydrogens (tertiary/aromatic N) is 1. The summed E-state index contributed by atoms with van der Waals surface area (Å²) in [4.78, 5) is 63.9. The van der Waals surface area contributed by atoms with E-state index in [4.69, 9.17) is 9.79 Å². The van der Waals surface area contributed by atoms with Gasteiger partial charge in [0.1, 0.15) is 17.8 Å². The SMILES string of the molecule is CC(C)(C)C(NC(=O)c1cc2cc(C(F)(F)P(=O)(O)O)ccc2[nH]1)C(=O)N1CCC[C@H]1C(=O)NC(c1ccccc1)c1ccccc1. The number of halogens is 2. The van der Waals surface area contributed by atoms with Gasteiger partial charge in [0.2, 0.25) is 11.8 Å². The number of carbonyl (C=O) groups excluding carboxylic acids is 3. The van der Waals surface area contributed by atoms with Crippen LogP contribution in [0.3, 0.4) is 0 Å². The molecule has 5 N–H and O–H groups in total. The standard InChI is InChI=1S/C34H37F2N4O6P/c1-33(2,3)29(39-30(41)26-20-23-19-24(16-17-25(23)37-26)34(35,36)47(44,45)46)32(43)40-18-10-15-27(40)31(42)38-28(21-11-6-4-7-12-21)22-13-8-5-9-14-22/h4-9,11-14,16-17,19-20,27-29,37H,10,15,18H2,1-3H3,(H,38,42)(H,39,41)(H2,44,45,46)/t27-,29?/m0/s1. The van der Waals surface area contributed by atoms with E-state index in [1.54, 1.807) is 20.8 Å². The topological polar surface area (TPSA) is 152 Å². The second-order valence-corrected chi connectivity index (χ2v) is 14.4. The van der Waals surface area contributed by atoms with E-state index in [1.807, 2.05) is 60.7 Å². The Morgan fingerprint density at radius 1 is 0.915 bits per heavy atom. The first-order chi connectivity index (χ1) is 22.1. The molecule has 1 saturated heterocycles. The van der Waals surface area contributed by atoms with Crippen LogP contribution in [0, 0.1) is 5.41 Å². The van der Waals surface area contributed by atoms with Gasteiger partial charge in [-0.05, 0) is 47.6 Å². The van der Waals surface area contributed by atoms with Crippen molar-refractivity contribution in [2.75, 3.05) is 6.54 Å². The quantitative estimate of drug-likeness (QED) is 0.150. The van der Waals surface area contributed by atoms with E-state index in [-0.39, 0.29) is 22.5 Å². The minimum Gasteiger partial charge on any atom is -0.351 e. The van der Waals surface area contributed by atoms with Crippen molar-refractivity contribution in [1.82, 2.24) is 20.5 Å². The highest BCUT2D eigenvalue weighted by molar-refractivity contribution is 7.52. The van der Waals surface area contributed by atoms with Crippen molar-refractivity contribution in [3.8, 4) is 0 Å². The Morgan fingerprint density at radius 3 is 2.06 bits per heavy atom. The molecule has 1 unspecified atom stereocenters. The van der Waals surface area contributed by atoms with Crippen LogP contribution in [-0.4, -0.2) is 56.0 Å². The van der Waals surface area contributed by atoms with Crippen LogP contribution in [0.15, 0.2) is 84.9 Å². The Hall–Kier alpha value is -4.38. The molecule has 4 aromatic rings. The van der Waals surface area contributed by atoms with Crippen molar-refractivity contribution in [3.63, 3.8) is 0 Å². The zero-order valence-electron chi connectivity index (χ0n) is 26.1. The molecule has 0 saturated carbocycles. The molecule has 0 bridgehead atoms. The van der Waals surface area contributed by atoms with Crippen LogP contribution >= 0.6 is 7.60 Å². The predicted octanol–water partition coefficient (Wildman–Crippen LogP) is 5.44. The lowest BCUT2D eigenvalue weighted by molar-refractivity contribution is -0.142. The van der Waals surface area contributed by atoms with Gasteiger partial charge in [0.05, 0.1) is 6.04 Å². The van der Waals surface area contributed by atoms with Gasteiger partial charge in [-0.25, -0.2) is 0 Å². The summed E-state index contributed by atoms with van der Waals surface area (Å²) < 4.78 is 40.0. The Kier molecular flexibility index (Phi) is 9.41. The number of alkyl halides is 2. The molecule has 1 aliphatic rings. The average Bonchev–Trinajstić information content (AvgIpc) is 3.69. The summed E-state index contributed by atoms with van der Waals surface area (Å²) in [6.07, 6.45) is 1.04. The second-order valence-electron chi connectivity index (χ2n) is 12.8. The highest BCUT2D eigenvalue weighted by atomic mass is 31.2. The number of benzene rings is 3. The fourth-order valence-corrected chi connectivity index (χ4v) is 6.30. The smallest absolute Gasteiger partial charge is 0.351 e. The fraction of sp³-hybridized carbons (Fsp3) is 0.324. The maximum Gasteiger partial charge on any atom is 0.399 e. The molecule has 13 heteroatoms. The van der Waals surface area contributed by atoms with E-state index in [9.17, 15) is 27.7 Å². The summed E-state index contributed by atoms with van der Waals surface area (Å²) in [5.74, 6) is -1.43. The number of amides is 3. The van der Waals surface area contributed by atoms with Crippen LogP contribution in [0.5, 0.6) is 0 Å². The van der Waals surface area contributed by atoms with Gasteiger partial charge >= 0.3 is 13.3 Å². The number of aromatic nitrogens is 1. The summed E-state index contributed by atoms with van der Waals surface area (Å²) in [7, 11) is -5.79. The zero-order chi connectivity index (χ0) is 34.1. The van der Waals surface area contributed by atoms with Crippen LogP contribution in [0.4, 0.5) is 8.78 Å². The van der Waals surface area contributed by atoms with E-state index < -0.39 is 54.2 Å². The maximum absolute atomic E-state index is 14.3. The number of H-pyrrole nitrogens is 1.